The number of carbonyl (C=O) groups excluding carboxylic acids is 1. The molecule has 148 valence electrons. The number of carboxylic acids is 1. The molecular formula is C20H18N4O3S2. The van der Waals surface area contributed by atoms with Crippen molar-refractivity contribution >= 4 is 51.6 Å². The van der Waals surface area contributed by atoms with Crippen LogP contribution in [0.4, 0.5) is 5.82 Å². The van der Waals surface area contributed by atoms with Gasteiger partial charge in [-0.3, -0.25) is 14.5 Å². The lowest BCUT2D eigenvalue weighted by atomic mass is 10.1. The second-order valence-electron chi connectivity index (χ2n) is 6.38. The fourth-order valence-corrected chi connectivity index (χ4v) is 3.91. The zero-order valence-electron chi connectivity index (χ0n) is 15.4. The molecule has 7 nitrogen and oxygen atoms in total. The number of thiazole rings is 1. The highest BCUT2D eigenvalue weighted by atomic mass is 32.1. The molecule has 2 N–H and O–H groups in total. The first-order valence-electron chi connectivity index (χ1n) is 8.97. The Balaban J connectivity index is 1.88. The monoisotopic (exact) mass is 426 g/mol. The smallest absolute Gasteiger partial charge is 0.303 e. The van der Waals surface area contributed by atoms with Gasteiger partial charge < -0.3 is 10.1 Å². The van der Waals surface area contributed by atoms with Gasteiger partial charge in [0.05, 0.1) is 18.0 Å². The van der Waals surface area contributed by atoms with Crippen LogP contribution in [0.3, 0.4) is 0 Å². The topological polar surface area (TPSA) is 110 Å². The third kappa shape index (κ3) is 5.25. The van der Waals surface area contributed by atoms with Crippen molar-refractivity contribution in [2.24, 2.45) is 0 Å². The fourth-order valence-electron chi connectivity index (χ4n) is 2.86. The minimum atomic E-state index is -0.859. The van der Waals surface area contributed by atoms with E-state index in [4.69, 9.17) is 22.6 Å². The Morgan fingerprint density at radius 1 is 1.21 bits per heavy atom. The van der Waals surface area contributed by atoms with E-state index in [0.717, 1.165) is 11.1 Å². The number of fused-ring (bicyclic) bond motifs is 1. The summed E-state index contributed by atoms with van der Waals surface area (Å²) in [5.41, 5.74) is 2.13. The zero-order valence-corrected chi connectivity index (χ0v) is 17.1. The van der Waals surface area contributed by atoms with Crippen molar-refractivity contribution in [3.63, 3.8) is 0 Å². The van der Waals surface area contributed by atoms with Crippen LogP contribution < -0.4 is 4.90 Å². The third-order valence-corrected chi connectivity index (χ3v) is 5.44. The van der Waals surface area contributed by atoms with Gasteiger partial charge in [-0.25, -0.2) is 4.98 Å². The highest BCUT2D eigenvalue weighted by Crippen LogP contribution is 2.23. The molecule has 0 aliphatic heterocycles. The Morgan fingerprint density at radius 2 is 1.97 bits per heavy atom. The molecule has 0 aliphatic rings. The maximum absolute atomic E-state index is 13.2. The average molecular weight is 427 g/mol. The number of pyridine rings is 1. The van der Waals surface area contributed by atoms with Crippen LogP contribution >= 0.6 is 23.6 Å². The molecule has 1 aromatic carbocycles. The number of benzene rings is 1. The number of nitrogens with one attached hydrogen (secondary N) is 1. The van der Waals surface area contributed by atoms with Gasteiger partial charge >= 0.3 is 5.97 Å². The van der Waals surface area contributed by atoms with E-state index in [9.17, 15) is 9.59 Å². The molecule has 0 fully saturated rings. The van der Waals surface area contributed by atoms with Gasteiger partial charge in [-0.05, 0) is 54.9 Å². The molecule has 0 atom stereocenters. The number of aliphatic carboxylic acids is 1. The van der Waals surface area contributed by atoms with E-state index in [1.807, 2.05) is 6.07 Å². The Hall–Kier alpha value is -3.09. The number of rotatable bonds is 8. The minimum Gasteiger partial charge on any atom is -0.481 e. The number of carboxylic acid groups (broad SMARTS) is 1. The summed E-state index contributed by atoms with van der Waals surface area (Å²) in [5.74, 6) is -0.596. The van der Waals surface area contributed by atoms with Crippen LogP contribution in [0.5, 0.6) is 0 Å². The summed E-state index contributed by atoms with van der Waals surface area (Å²) < 4.78 is 0.608. The van der Waals surface area contributed by atoms with Crippen LogP contribution in [0.2, 0.25) is 0 Å². The maximum Gasteiger partial charge on any atom is 0.303 e. The summed E-state index contributed by atoms with van der Waals surface area (Å²) in [4.78, 5) is 33.8. The van der Waals surface area contributed by atoms with Crippen LogP contribution in [0.25, 0.3) is 10.3 Å². The first kappa shape index (κ1) is 20.6. The molecule has 0 radical (unpaired) electrons. The number of amides is 1. The summed E-state index contributed by atoms with van der Waals surface area (Å²) in [5, 5.41) is 17.6. The van der Waals surface area contributed by atoms with Gasteiger partial charge in [0.25, 0.3) is 5.91 Å². The number of H-pyrrole nitrogens is 1. The Morgan fingerprint density at radius 3 is 2.66 bits per heavy atom. The van der Waals surface area contributed by atoms with Gasteiger partial charge in [0.2, 0.25) is 0 Å². The predicted octanol–water partition coefficient (Wildman–Crippen LogP) is 4.32. The molecule has 2 aromatic heterocycles. The lowest BCUT2D eigenvalue weighted by Gasteiger charge is -2.22. The number of nitriles is 1. The maximum atomic E-state index is 13.2. The highest BCUT2D eigenvalue weighted by Gasteiger charge is 2.19. The molecule has 0 saturated heterocycles. The molecule has 0 unspecified atom stereocenters. The largest absolute Gasteiger partial charge is 0.481 e. The van der Waals surface area contributed by atoms with E-state index in [0.29, 0.717) is 39.6 Å². The quantitative estimate of drug-likeness (QED) is 0.410. The van der Waals surface area contributed by atoms with Crippen molar-refractivity contribution in [1.29, 1.82) is 5.26 Å². The van der Waals surface area contributed by atoms with Gasteiger partial charge in [-0.1, -0.05) is 23.5 Å². The lowest BCUT2D eigenvalue weighted by Crippen LogP contribution is -2.32. The molecule has 0 aliphatic carbocycles. The Kier molecular flexibility index (Phi) is 6.69. The second kappa shape index (κ2) is 9.41. The SMILES string of the molecule is N#CCc1ccc(C(=O)N(CCCCC(=O)O)c2ccc3[nH]c(=S)sc3n2)cc1. The molecule has 0 bridgehead atoms. The second-order valence-corrected chi connectivity index (χ2v) is 8.04. The summed E-state index contributed by atoms with van der Waals surface area (Å²) in [6.07, 6.45) is 1.33. The molecule has 1 amide bonds. The third-order valence-electron chi connectivity index (χ3n) is 4.30. The van der Waals surface area contributed by atoms with Gasteiger partial charge in [0.15, 0.2) is 3.95 Å². The van der Waals surface area contributed by atoms with Crippen molar-refractivity contribution in [1.82, 2.24) is 9.97 Å². The number of aromatic amines is 1. The van der Waals surface area contributed by atoms with E-state index < -0.39 is 5.97 Å². The average Bonchev–Trinajstić information content (AvgIpc) is 3.07. The molecule has 0 saturated carbocycles. The highest BCUT2D eigenvalue weighted by molar-refractivity contribution is 7.73. The number of hydrogen-bond donors (Lipinski definition) is 2. The minimum absolute atomic E-state index is 0.0521. The van der Waals surface area contributed by atoms with E-state index >= 15 is 0 Å². The number of carbonyl (C=O) groups is 2. The number of aromatic nitrogens is 2. The number of nitrogens with zero attached hydrogens (tertiary/aromatic N) is 3. The molecule has 29 heavy (non-hydrogen) atoms. The van der Waals surface area contributed by atoms with E-state index in [1.165, 1.54) is 11.3 Å². The standard InChI is InChI=1S/C20H18N4O3S2/c21-11-10-13-4-6-14(7-5-13)19(27)24(12-2-1-3-17(25)26)16-9-8-15-18(23-16)29-20(28)22-15/h4-9H,1-3,10,12H2,(H,22,28)(H,25,26). The first-order valence-corrected chi connectivity index (χ1v) is 10.2. The van der Waals surface area contributed by atoms with Crippen LogP contribution in [-0.2, 0) is 11.2 Å². The van der Waals surface area contributed by atoms with Crippen LogP contribution in [0.15, 0.2) is 36.4 Å². The number of hydrogen-bond acceptors (Lipinski definition) is 6. The van der Waals surface area contributed by atoms with Crippen molar-refractivity contribution < 1.29 is 14.7 Å². The van der Waals surface area contributed by atoms with Gasteiger partial charge in [-0.15, -0.1) is 0 Å². The van der Waals surface area contributed by atoms with E-state index in [1.54, 1.807) is 35.2 Å². The normalized spacial score (nSPS) is 10.6. The fraction of sp³-hybridized carbons (Fsp3) is 0.250. The molecule has 3 rings (SSSR count). The van der Waals surface area contributed by atoms with Gasteiger partial charge in [0, 0.05) is 18.5 Å². The van der Waals surface area contributed by atoms with E-state index in [-0.39, 0.29) is 18.7 Å². The zero-order chi connectivity index (χ0) is 20.8. The summed E-state index contributed by atoms with van der Waals surface area (Å²) in [6, 6.07) is 12.6. The number of anilines is 1. The molecular weight excluding hydrogens is 408 g/mol. The van der Waals surface area contributed by atoms with Gasteiger partial charge in [-0.2, -0.15) is 5.26 Å². The van der Waals surface area contributed by atoms with Crippen molar-refractivity contribution in [2.75, 3.05) is 11.4 Å². The van der Waals surface area contributed by atoms with Crippen LogP contribution in [-0.4, -0.2) is 33.5 Å². The summed E-state index contributed by atoms with van der Waals surface area (Å²) >= 11 is 6.49. The van der Waals surface area contributed by atoms with Crippen molar-refractivity contribution in [3.05, 3.63) is 51.5 Å². The van der Waals surface area contributed by atoms with Gasteiger partial charge in [0.1, 0.15) is 10.6 Å². The first-order chi connectivity index (χ1) is 14.0. The number of unbranched alkanes of at least 4 members (excludes halogenated alkanes) is 1. The Labute approximate surface area is 176 Å². The molecule has 9 heteroatoms. The lowest BCUT2D eigenvalue weighted by molar-refractivity contribution is -0.137. The van der Waals surface area contributed by atoms with Crippen molar-refractivity contribution in [2.45, 2.75) is 25.7 Å². The molecule has 0 spiro atoms. The van der Waals surface area contributed by atoms with Crippen LogP contribution in [0, 0.1) is 15.3 Å². The predicted molar refractivity (Wildman–Crippen MR) is 114 cm³/mol. The molecule has 3 aromatic rings. The molecule has 2 heterocycles. The Bertz CT molecular complexity index is 1130. The van der Waals surface area contributed by atoms with Crippen LogP contribution in [0.1, 0.15) is 35.2 Å². The van der Waals surface area contributed by atoms with Crippen molar-refractivity contribution in [3.8, 4) is 6.07 Å². The summed E-state index contributed by atoms with van der Waals surface area (Å²) in [7, 11) is 0. The van der Waals surface area contributed by atoms with E-state index in [2.05, 4.69) is 16.0 Å². The summed E-state index contributed by atoms with van der Waals surface area (Å²) in [6.45, 7) is 0.348.